The van der Waals surface area contributed by atoms with Crippen molar-refractivity contribution >= 4 is 0 Å². The molecule has 2 heterocycles. The molecule has 0 fully saturated rings. The van der Waals surface area contributed by atoms with Crippen molar-refractivity contribution in [1.29, 1.82) is 0 Å². The molecule has 0 saturated carbocycles. The number of hydrogen-bond acceptors (Lipinski definition) is 3. The van der Waals surface area contributed by atoms with Crippen LogP contribution in [0.4, 0.5) is 0 Å². The predicted molar refractivity (Wildman–Crippen MR) is 103 cm³/mol. The van der Waals surface area contributed by atoms with E-state index in [1.807, 2.05) is 25.3 Å². The lowest BCUT2D eigenvalue weighted by Gasteiger charge is -2.26. The number of hydrogen-bond donors (Lipinski definition) is 0. The summed E-state index contributed by atoms with van der Waals surface area (Å²) >= 11 is 0. The van der Waals surface area contributed by atoms with Gasteiger partial charge in [0.25, 0.3) is 5.56 Å². The molecule has 4 heteroatoms. The number of aromatic nitrogens is 3. The molecule has 0 N–H and O–H groups in total. The summed E-state index contributed by atoms with van der Waals surface area (Å²) in [5, 5.41) is 4.41. The molecule has 26 heavy (non-hydrogen) atoms. The Morgan fingerprint density at radius 3 is 2.65 bits per heavy atom. The van der Waals surface area contributed by atoms with Crippen molar-refractivity contribution in [2.24, 2.45) is 0 Å². The highest BCUT2D eigenvalue weighted by Crippen LogP contribution is 2.33. The largest absolute Gasteiger partial charge is 0.276 e. The molecule has 2 aromatic heterocycles. The first-order valence-corrected chi connectivity index (χ1v) is 9.13. The van der Waals surface area contributed by atoms with Gasteiger partial charge in [-0.05, 0) is 80.3 Å². The summed E-state index contributed by atoms with van der Waals surface area (Å²) in [5.74, 6) is 1.05. The van der Waals surface area contributed by atoms with Crippen molar-refractivity contribution in [3.63, 3.8) is 0 Å². The maximum Gasteiger partial charge on any atom is 0.276 e. The normalized spacial score (nSPS) is 16.3. The van der Waals surface area contributed by atoms with Gasteiger partial charge in [-0.1, -0.05) is 23.8 Å². The molecule has 1 atom stereocenters. The third kappa shape index (κ3) is 2.96. The van der Waals surface area contributed by atoms with Crippen LogP contribution in [0, 0.1) is 20.8 Å². The molecule has 0 bridgehead atoms. The minimum atomic E-state index is -0.0281. The van der Waals surface area contributed by atoms with Gasteiger partial charge in [0.2, 0.25) is 0 Å². The molecule has 0 amide bonds. The van der Waals surface area contributed by atoms with Gasteiger partial charge >= 0.3 is 0 Å². The van der Waals surface area contributed by atoms with Crippen LogP contribution in [-0.4, -0.2) is 14.8 Å². The SMILES string of the molecule is Cc1ccnc(-n2ncc3c(c2=O)CCC(c2ccc(C)cc2C)C3)c1. The van der Waals surface area contributed by atoms with Gasteiger partial charge in [0.1, 0.15) is 0 Å². The molecule has 0 aliphatic heterocycles. The number of pyridine rings is 1. The second-order valence-electron chi connectivity index (χ2n) is 7.36. The molecule has 3 aromatic rings. The molecular formula is C22H23N3O. The molecule has 0 spiro atoms. The standard InChI is InChI=1S/C22H23N3O/c1-14-4-6-19(16(3)10-14)17-5-7-20-18(12-17)13-24-25(22(20)26)21-11-15(2)8-9-23-21/h4,6,8-11,13,17H,5,7,12H2,1-3H3. The maximum absolute atomic E-state index is 12.9. The molecule has 0 saturated heterocycles. The van der Waals surface area contributed by atoms with Crippen LogP contribution in [0.5, 0.6) is 0 Å². The Kier molecular flexibility index (Phi) is 4.19. The van der Waals surface area contributed by atoms with Gasteiger partial charge < -0.3 is 0 Å². The molecule has 1 aliphatic carbocycles. The van der Waals surface area contributed by atoms with Crippen LogP contribution in [0.25, 0.3) is 5.82 Å². The lowest BCUT2D eigenvalue weighted by Crippen LogP contribution is -2.30. The quantitative estimate of drug-likeness (QED) is 0.709. The van der Waals surface area contributed by atoms with Crippen LogP contribution in [0.15, 0.2) is 47.5 Å². The van der Waals surface area contributed by atoms with Gasteiger partial charge in [0, 0.05) is 11.8 Å². The molecular weight excluding hydrogens is 322 g/mol. The van der Waals surface area contributed by atoms with E-state index in [9.17, 15) is 4.79 Å². The number of rotatable bonds is 2. The number of fused-ring (bicyclic) bond motifs is 1. The molecule has 132 valence electrons. The van der Waals surface area contributed by atoms with Crippen LogP contribution < -0.4 is 5.56 Å². The Labute approximate surface area is 153 Å². The topological polar surface area (TPSA) is 47.8 Å². The van der Waals surface area contributed by atoms with Gasteiger partial charge in [-0.15, -0.1) is 0 Å². The third-order valence-corrected chi connectivity index (χ3v) is 5.36. The Morgan fingerprint density at radius 2 is 1.88 bits per heavy atom. The van der Waals surface area contributed by atoms with E-state index in [2.05, 4.69) is 42.1 Å². The first-order valence-electron chi connectivity index (χ1n) is 9.13. The minimum absolute atomic E-state index is 0.0281. The van der Waals surface area contributed by atoms with E-state index in [0.717, 1.165) is 36.0 Å². The molecule has 1 aliphatic rings. The number of benzene rings is 1. The highest BCUT2D eigenvalue weighted by atomic mass is 16.1. The lowest BCUT2D eigenvalue weighted by molar-refractivity contribution is 0.565. The van der Waals surface area contributed by atoms with Gasteiger partial charge in [0.05, 0.1) is 6.20 Å². The summed E-state index contributed by atoms with van der Waals surface area (Å²) in [7, 11) is 0. The van der Waals surface area contributed by atoms with Gasteiger partial charge in [-0.3, -0.25) is 4.79 Å². The van der Waals surface area contributed by atoms with Crippen LogP contribution in [0.1, 0.15) is 45.7 Å². The fraction of sp³-hybridized carbons (Fsp3) is 0.318. The van der Waals surface area contributed by atoms with Crippen LogP contribution in [-0.2, 0) is 12.8 Å². The van der Waals surface area contributed by atoms with Crippen molar-refractivity contribution in [2.75, 3.05) is 0 Å². The Morgan fingerprint density at radius 1 is 1.08 bits per heavy atom. The van der Waals surface area contributed by atoms with Gasteiger partial charge in [-0.2, -0.15) is 9.78 Å². The van der Waals surface area contributed by atoms with E-state index in [1.54, 1.807) is 6.20 Å². The van der Waals surface area contributed by atoms with Crippen molar-refractivity contribution in [1.82, 2.24) is 14.8 Å². The van der Waals surface area contributed by atoms with E-state index in [4.69, 9.17) is 0 Å². The monoisotopic (exact) mass is 345 g/mol. The van der Waals surface area contributed by atoms with Crippen LogP contribution in [0.2, 0.25) is 0 Å². The highest BCUT2D eigenvalue weighted by Gasteiger charge is 2.24. The number of nitrogens with zero attached hydrogens (tertiary/aromatic N) is 3. The molecule has 1 unspecified atom stereocenters. The van der Waals surface area contributed by atoms with Crippen molar-refractivity contribution in [3.05, 3.63) is 86.5 Å². The average Bonchev–Trinajstić information content (AvgIpc) is 2.62. The first kappa shape index (κ1) is 16.7. The summed E-state index contributed by atoms with van der Waals surface area (Å²) in [6.07, 6.45) is 6.24. The average molecular weight is 345 g/mol. The smallest absolute Gasteiger partial charge is 0.267 e. The predicted octanol–water partition coefficient (Wildman–Crippen LogP) is 3.83. The summed E-state index contributed by atoms with van der Waals surface area (Å²) in [6, 6.07) is 10.5. The van der Waals surface area contributed by atoms with Crippen molar-refractivity contribution < 1.29 is 0 Å². The maximum atomic E-state index is 12.9. The van der Waals surface area contributed by atoms with Crippen molar-refractivity contribution in [2.45, 2.75) is 46.0 Å². The summed E-state index contributed by atoms with van der Waals surface area (Å²) in [4.78, 5) is 17.2. The Balaban J connectivity index is 1.69. The highest BCUT2D eigenvalue weighted by molar-refractivity contribution is 5.38. The first-order chi connectivity index (χ1) is 12.5. The second-order valence-corrected chi connectivity index (χ2v) is 7.36. The van der Waals surface area contributed by atoms with Crippen LogP contribution in [0.3, 0.4) is 0 Å². The lowest BCUT2D eigenvalue weighted by atomic mass is 9.79. The van der Waals surface area contributed by atoms with E-state index in [1.165, 1.54) is 21.4 Å². The Bertz CT molecular complexity index is 1040. The zero-order valence-electron chi connectivity index (χ0n) is 15.5. The summed E-state index contributed by atoms with van der Waals surface area (Å²) < 4.78 is 1.43. The zero-order valence-corrected chi connectivity index (χ0v) is 15.5. The molecule has 0 radical (unpaired) electrons. The fourth-order valence-corrected chi connectivity index (χ4v) is 4.00. The van der Waals surface area contributed by atoms with Crippen LogP contribution >= 0.6 is 0 Å². The zero-order chi connectivity index (χ0) is 18.3. The van der Waals surface area contributed by atoms with E-state index in [0.29, 0.717) is 11.7 Å². The fourth-order valence-electron chi connectivity index (χ4n) is 4.00. The van der Waals surface area contributed by atoms with E-state index >= 15 is 0 Å². The number of aryl methyl sites for hydroxylation is 3. The van der Waals surface area contributed by atoms with E-state index < -0.39 is 0 Å². The molecule has 1 aromatic carbocycles. The minimum Gasteiger partial charge on any atom is -0.267 e. The Hall–Kier alpha value is -2.75. The van der Waals surface area contributed by atoms with Gasteiger partial charge in [0.15, 0.2) is 5.82 Å². The second kappa shape index (κ2) is 6.52. The van der Waals surface area contributed by atoms with Gasteiger partial charge in [-0.25, -0.2) is 4.98 Å². The molecule has 4 nitrogen and oxygen atoms in total. The third-order valence-electron chi connectivity index (χ3n) is 5.36. The van der Waals surface area contributed by atoms with E-state index in [-0.39, 0.29) is 5.56 Å². The summed E-state index contributed by atoms with van der Waals surface area (Å²) in [5.41, 5.74) is 7.03. The molecule has 4 rings (SSSR count). The van der Waals surface area contributed by atoms with Crippen molar-refractivity contribution in [3.8, 4) is 5.82 Å². The summed E-state index contributed by atoms with van der Waals surface area (Å²) in [6.45, 7) is 6.29.